The van der Waals surface area contributed by atoms with Crippen LogP contribution in [0.1, 0.15) is 103 Å². The van der Waals surface area contributed by atoms with Crippen molar-refractivity contribution in [3.05, 3.63) is 0 Å². The summed E-state index contributed by atoms with van der Waals surface area (Å²) in [5.74, 6) is -1.31. The zero-order valence-electron chi connectivity index (χ0n) is 16.3. The number of nitrogens with zero attached hydrogens (tertiary/aromatic N) is 1. The van der Waals surface area contributed by atoms with Gasteiger partial charge in [-0.25, -0.2) is 0 Å². The highest BCUT2D eigenvalue weighted by atomic mass is 16.4. The first kappa shape index (κ1) is 22.0. The van der Waals surface area contributed by atoms with Crippen LogP contribution in [-0.4, -0.2) is 35.0 Å². The van der Waals surface area contributed by atoms with Crippen LogP contribution in [0.25, 0.3) is 0 Å². The second-order valence-corrected chi connectivity index (χ2v) is 7.68. The van der Waals surface area contributed by atoms with Crippen LogP contribution in [0, 0.1) is 5.92 Å². The highest BCUT2D eigenvalue weighted by molar-refractivity contribution is 5.86. The van der Waals surface area contributed by atoms with Gasteiger partial charge < -0.3 is 10.0 Å². The number of likely N-dealkylation sites (tertiary alicyclic amines) is 1. The van der Waals surface area contributed by atoms with Crippen molar-refractivity contribution < 1.29 is 14.7 Å². The minimum absolute atomic E-state index is 0.0158. The maximum absolute atomic E-state index is 11.7. The van der Waals surface area contributed by atoms with Gasteiger partial charge in [-0.15, -0.1) is 0 Å². The third-order valence-corrected chi connectivity index (χ3v) is 5.35. The maximum atomic E-state index is 11.7. The Balaban J connectivity index is 1.82. The van der Waals surface area contributed by atoms with Crippen LogP contribution in [0.4, 0.5) is 0 Å². The van der Waals surface area contributed by atoms with E-state index >= 15 is 0 Å². The van der Waals surface area contributed by atoms with Gasteiger partial charge in [0.05, 0.1) is 5.92 Å². The van der Waals surface area contributed by atoms with E-state index in [2.05, 4.69) is 6.92 Å². The molecular weight excluding hydrogens is 314 g/mol. The topological polar surface area (TPSA) is 57.6 Å². The van der Waals surface area contributed by atoms with E-state index in [1.165, 1.54) is 77.0 Å². The Bertz CT molecular complexity index is 370. The van der Waals surface area contributed by atoms with Gasteiger partial charge in [-0.05, 0) is 6.42 Å². The quantitative estimate of drug-likeness (QED) is 0.378. The highest BCUT2D eigenvalue weighted by Gasteiger charge is 2.33. The molecule has 0 aromatic carbocycles. The number of hydrogen-bond acceptors (Lipinski definition) is 2. The van der Waals surface area contributed by atoms with E-state index in [1.807, 2.05) is 0 Å². The van der Waals surface area contributed by atoms with Crippen molar-refractivity contribution in [2.45, 2.75) is 103 Å². The lowest BCUT2D eigenvalue weighted by Gasteiger charge is -2.15. The summed E-state index contributed by atoms with van der Waals surface area (Å²) >= 11 is 0. The molecule has 25 heavy (non-hydrogen) atoms. The molecule has 1 atom stereocenters. The Labute approximate surface area is 154 Å². The molecule has 0 spiro atoms. The smallest absolute Gasteiger partial charge is 0.308 e. The first-order valence-corrected chi connectivity index (χ1v) is 10.7. The van der Waals surface area contributed by atoms with Crippen LogP contribution in [0.5, 0.6) is 0 Å². The summed E-state index contributed by atoms with van der Waals surface area (Å²) < 4.78 is 0. The van der Waals surface area contributed by atoms with Crippen LogP contribution in [0.2, 0.25) is 0 Å². The zero-order chi connectivity index (χ0) is 18.3. The number of aliphatic carboxylic acids is 1. The van der Waals surface area contributed by atoms with Crippen LogP contribution < -0.4 is 0 Å². The summed E-state index contributed by atoms with van der Waals surface area (Å²) in [6.45, 7) is 3.41. The summed E-state index contributed by atoms with van der Waals surface area (Å²) in [6, 6.07) is 0. The molecule has 1 saturated heterocycles. The number of carbonyl (C=O) groups is 2. The van der Waals surface area contributed by atoms with Gasteiger partial charge in [0, 0.05) is 19.5 Å². The predicted molar refractivity (Wildman–Crippen MR) is 103 cm³/mol. The van der Waals surface area contributed by atoms with Crippen LogP contribution >= 0.6 is 0 Å². The molecule has 0 bridgehead atoms. The number of amides is 1. The number of unbranched alkanes of at least 4 members (excludes halogenated alkanes) is 13. The number of carbonyl (C=O) groups excluding carboxylic acids is 1. The SMILES string of the molecule is CCCCCCCCCCCCCCCCN1CC(C(=O)O)CC1=O. The Hall–Kier alpha value is -1.06. The average molecular weight is 354 g/mol. The summed E-state index contributed by atoms with van der Waals surface area (Å²) in [7, 11) is 0. The Morgan fingerprint density at radius 3 is 1.72 bits per heavy atom. The second kappa shape index (κ2) is 14.1. The van der Waals surface area contributed by atoms with E-state index < -0.39 is 11.9 Å². The molecule has 1 heterocycles. The third kappa shape index (κ3) is 10.5. The lowest BCUT2D eigenvalue weighted by Crippen LogP contribution is -2.27. The molecule has 0 aromatic rings. The molecule has 0 radical (unpaired) electrons. The predicted octanol–water partition coefficient (Wildman–Crippen LogP) is 5.40. The van der Waals surface area contributed by atoms with Crippen molar-refractivity contribution in [1.29, 1.82) is 0 Å². The largest absolute Gasteiger partial charge is 0.481 e. The normalized spacial score (nSPS) is 17.4. The lowest BCUT2D eigenvalue weighted by atomic mass is 10.0. The molecule has 0 aromatic heterocycles. The van der Waals surface area contributed by atoms with E-state index in [4.69, 9.17) is 5.11 Å². The van der Waals surface area contributed by atoms with Gasteiger partial charge in [-0.3, -0.25) is 9.59 Å². The molecule has 146 valence electrons. The fourth-order valence-corrected chi connectivity index (χ4v) is 3.65. The molecule has 4 nitrogen and oxygen atoms in total. The van der Waals surface area contributed by atoms with E-state index in [1.54, 1.807) is 4.90 Å². The van der Waals surface area contributed by atoms with E-state index in [0.717, 1.165) is 19.4 Å². The minimum Gasteiger partial charge on any atom is -0.481 e. The number of hydrogen-bond donors (Lipinski definition) is 1. The molecule has 0 aliphatic carbocycles. The van der Waals surface area contributed by atoms with Gasteiger partial charge in [0.2, 0.25) is 5.91 Å². The fourth-order valence-electron chi connectivity index (χ4n) is 3.65. The van der Waals surface area contributed by atoms with Gasteiger partial charge >= 0.3 is 5.97 Å². The lowest BCUT2D eigenvalue weighted by molar-refractivity contribution is -0.141. The number of carboxylic acids is 1. The summed E-state index contributed by atoms with van der Waals surface area (Å²) in [5.41, 5.74) is 0. The van der Waals surface area contributed by atoms with Crippen LogP contribution in [0.3, 0.4) is 0 Å². The molecular formula is C21H39NO3. The summed E-state index contributed by atoms with van der Waals surface area (Å²) in [4.78, 5) is 24.4. The van der Waals surface area contributed by atoms with E-state index in [0.29, 0.717) is 6.54 Å². The van der Waals surface area contributed by atoms with Gasteiger partial charge in [-0.2, -0.15) is 0 Å². The van der Waals surface area contributed by atoms with Crippen molar-refractivity contribution in [3.8, 4) is 0 Å². The van der Waals surface area contributed by atoms with Crippen molar-refractivity contribution in [2.75, 3.05) is 13.1 Å². The molecule has 1 rings (SSSR count). The minimum atomic E-state index is -0.836. The molecule has 1 N–H and O–H groups in total. The molecule has 1 amide bonds. The standard InChI is InChI=1S/C21H39NO3/c1-2-3-4-5-6-7-8-9-10-11-12-13-14-15-16-22-18-19(21(24)25)17-20(22)23/h19H,2-18H2,1H3,(H,24,25). The van der Waals surface area contributed by atoms with Crippen LogP contribution in [0.15, 0.2) is 0 Å². The van der Waals surface area contributed by atoms with Crippen molar-refractivity contribution in [1.82, 2.24) is 4.90 Å². The summed E-state index contributed by atoms with van der Waals surface area (Å²) in [6.07, 6.45) is 18.7. The Morgan fingerprint density at radius 1 is 0.880 bits per heavy atom. The molecule has 1 aliphatic rings. The van der Waals surface area contributed by atoms with E-state index in [9.17, 15) is 9.59 Å². The molecule has 1 fully saturated rings. The first-order chi connectivity index (χ1) is 12.1. The summed E-state index contributed by atoms with van der Waals surface area (Å²) in [5, 5.41) is 8.96. The fraction of sp³-hybridized carbons (Fsp3) is 0.905. The van der Waals surface area contributed by atoms with Gasteiger partial charge in [0.15, 0.2) is 0 Å². The molecule has 1 aliphatic heterocycles. The van der Waals surface area contributed by atoms with E-state index in [-0.39, 0.29) is 12.3 Å². The zero-order valence-corrected chi connectivity index (χ0v) is 16.3. The van der Waals surface area contributed by atoms with Crippen molar-refractivity contribution in [2.24, 2.45) is 5.92 Å². The Kier molecular flexibility index (Phi) is 12.4. The molecule has 0 saturated carbocycles. The average Bonchev–Trinajstić information content (AvgIpc) is 2.96. The van der Waals surface area contributed by atoms with Gasteiger partial charge in [0.25, 0.3) is 0 Å². The monoisotopic (exact) mass is 353 g/mol. The third-order valence-electron chi connectivity index (χ3n) is 5.35. The van der Waals surface area contributed by atoms with Gasteiger partial charge in [0.1, 0.15) is 0 Å². The van der Waals surface area contributed by atoms with Gasteiger partial charge in [-0.1, -0.05) is 90.4 Å². The Morgan fingerprint density at radius 2 is 1.32 bits per heavy atom. The maximum Gasteiger partial charge on any atom is 0.308 e. The number of carboxylic acid groups (broad SMARTS) is 1. The van der Waals surface area contributed by atoms with Crippen LogP contribution in [-0.2, 0) is 9.59 Å². The molecule has 1 unspecified atom stereocenters. The van der Waals surface area contributed by atoms with Crippen molar-refractivity contribution >= 4 is 11.9 Å². The van der Waals surface area contributed by atoms with Crippen molar-refractivity contribution in [3.63, 3.8) is 0 Å². The highest BCUT2D eigenvalue weighted by Crippen LogP contribution is 2.19. The second-order valence-electron chi connectivity index (χ2n) is 7.68. The number of rotatable bonds is 16. The molecule has 4 heteroatoms. The first-order valence-electron chi connectivity index (χ1n) is 10.7.